The number of hydrogen-bond acceptors (Lipinski definition) is 4. The van der Waals surface area contributed by atoms with Gasteiger partial charge in [-0.1, -0.05) is 0 Å². The lowest BCUT2D eigenvalue weighted by atomic mass is 9.98. The van der Waals surface area contributed by atoms with Crippen LogP contribution in [0.2, 0.25) is 0 Å². The van der Waals surface area contributed by atoms with E-state index in [1.54, 1.807) is 12.4 Å². The second kappa shape index (κ2) is 8.34. The van der Waals surface area contributed by atoms with Crippen LogP contribution < -0.4 is 4.90 Å². The predicted molar refractivity (Wildman–Crippen MR) is 103 cm³/mol. The molecule has 6 heteroatoms. The first-order valence-electron chi connectivity index (χ1n) is 9.53. The van der Waals surface area contributed by atoms with Crippen molar-refractivity contribution < 1.29 is 4.79 Å². The summed E-state index contributed by atoms with van der Waals surface area (Å²) < 4.78 is 1.94. The van der Waals surface area contributed by atoms with Gasteiger partial charge in [-0.3, -0.25) is 9.48 Å². The lowest BCUT2D eigenvalue weighted by Crippen LogP contribution is -2.44. The number of nitrogens with zero attached hydrogens (tertiary/aromatic N) is 5. The van der Waals surface area contributed by atoms with Gasteiger partial charge in [0, 0.05) is 50.8 Å². The zero-order valence-electron chi connectivity index (χ0n) is 16.0. The summed E-state index contributed by atoms with van der Waals surface area (Å²) in [7, 11) is 2.02. The van der Waals surface area contributed by atoms with Gasteiger partial charge in [0.05, 0.1) is 5.56 Å². The fourth-order valence-electron chi connectivity index (χ4n) is 3.43. The zero-order chi connectivity index (χ0) is 18.5. The highest BCUT2D eigenvalue weighted by Crippen LogP contribution is 2.23. The average Bonchev–Trinajstić information content (AvgIpc) is 3.19. The number of carbonyl (C=O) groups excluding carboxylic acids is 1. The van der Waals surface area contributed by atoms with E-state index in [1.807, 2.05) is 41.0 Å². The normalized spacial score (nSPS) is 17.5. The smallest absolute Gasteiger partial charge is 0.255 e. The van der Waals surface area contributed by atoms with Crippen LogP contribution in [0.1, 0.15) is 49.9 Å². The molecule has 0 spiro atoms. The molecule has 1 amide bonds. The summed E-state index contributed by atoms with van der Waals surface area (Å²) in [6.07, 6.45) is 9.75. The topological polar surface area (TPSA) is 54.3 Å². The van der Waals surface area contributed by atoms with Crippen molar-refractivity contribution in [2.75, 3.05) is 18.5 Å². The Bertz CT molecular complexity index is 696. The van der Waals surface area contributed by atoms with Gasteiger partial charge in [0.1, 0.15) is 5.82 Å². The van der Waals surface area contributed by atoms with Gasteiger partial charge in [-0.25, -0.2) is 4.98 Å². The SMILES string of the molecule is CC(C)N(C)c1ccc(C(=O)N2CCCC[C@@H]2CCn2cccn2)cn1. The summed E-state index contributed by atoms with van der Waals surface area (Å²) in [4.78, 5) is 21.7. The highest BCUT2D eigenvalue weighted by Gasteiger charge is 2.27. The summed E-state index contributed by atoms with van der Waals surface area (Å²) in [5.74, 6) is 0.992. The van der Waals surface area contributed by atoms with E-state index in [0.717, 1.165) is 38.2 Å². The van der Waals surface area contributed by atoms with Crippen LogP contribution in [0.5, 0.6) is 0 Å². The summed E-state index contributed by atoms with van der Waals surface area (Å²) in [6, 6.07) is 6.43. The summed E-state index contributed by atoms with van der Waals surface area (Å²) in [5.41, 5.74) is 0.678. The summed E-state index contributed by atoms with van der Waals surface area (Å²) in [6.45, 7) is 5.92. The molecule has 26 heavy (non-hydrogen) atoms. The van der Waals surface area contributed by atoms with E-state index in [0.29, 0.717) is 11.6 Å². The van der Waals surface area contributed by atoms with Crippen LogP contribution in [0.3, 0.4) is 0 Å². The van der Waals surface area contributed by atoms with Crippen LogP contribution in [0.15, 0.2) is 36.8 Å². The van der Waals surface area contributed by atoms with Crippen molar-refractivity contribution in [1.82, 2.24) is 19.7 Å². The van der Waals surface area contributed by atoms with E-state index in [4.69, 9.17) is 0 Å². The van der Waals surface area contributed by atoms with Crippen LogP contribution in [0.4, 0.5) is 5.82 Å². The van der Waals surface area contributed by atoms with Crippen molar-refractivity contribution >= 4 is 11.7 Å². The van der Waals surface area contributed by atoms with Gasteiger partial charge >= 0.3 is 0 Å². The van der Waals surface area contributed by atoms with Crippen LogP contribution in [-0.4, -0.2) is 51.2 Å². The van der Waals surface area contributed by atoms with E-state index in [2.05, 4.69) is 28.8 Å². The molecule has 0 bridgehead atoms. The van der Waals surface area contributed by atoms with Gasteiger partial charge in [0.2, 0.25) is 0 Å². The van der Waals surface area contributed by atoms with Crippen LogP contribution in [-0.2, 0) is 6.54 Å². The Labute approximate surface area is 155 Å². The number of rotatable bonds is 6. The van der Waals surface area contributed by atoms with Crippen molar-refractivity contribution in [3.8, 4) is 0 Å². The van der Waals surface area contributed by atoms with Crippen LogP contribution in [0.25, 0.3) is 0 Å². The maximum absolute atomic E-state index is 13.0. The molecule has 1 aliphatic heterocycles. The number of likely N-dealkylation sites (tertiary alicyclic amines) is 1. The molecular weight excluding hydrogens is 326 g/mol. The Morgan fingerprint density at radius 1 is 1.35 bits per heavy atom. The van der Waals surface area contributed by atoms with Gasteiger partial charge in [-0.2, -0.15) is 5.10 Å². The minimum atomic E-state index is 0.0985. The third-order valence-electron chi connectivity index (χ3n) is 5.27. The van der Waals surface area contributed by atoms with E-state index in [9.17, 15) is 4.79 Å². The lowest BCUT2D eigenvalue weighted by Gasteiger charge is -2.36. The molecule has 0 radical (unpaired) electrons. The van der Waals surface area contributed by atoms with Crippen molar-refractivity contribution in [2.24, 2.45) is 0 Å². The minimum Gasteiger partial charge on any atom is -0.357 e. The van der Waals surface area contributed by atoms with E-state index >= 15 is 0 Å². The minimum absolute atomic E-state index is 0.0985. The molecule has 1 aliphatic rings. The predicted octanol–water partition coefficient (Wildman–Crippen LogP) is 3.21. The Morgan fingerprint density at radius 2 is 2.19 bits per heavy atom. The number of carbonyl (C=O) groups is 1. The van der Waals surface area contributed by atoms with Crippen LogP contribution >= 0.6 is 0 Å². The van der Waals surface area contributed by atoms with Gasteiger partial charge in [-0.15, -0.1) is 0 Å². The summed E-state index contributed by atoms with van der Waals surface area (Å²) in [5, 5.41) is 4.27. The molecule has 3 heterocycles. The number of piperidine rings is 1. The first-order chi connectivity index (χ1) is 12.6. The van der Waals surface area contributed by atoms with Gasteiger partial charge < -0.3 is 9.80 Å². The first kappa shape index (κ1) is 18.4. The maximum atomic E-state index is 13.0. The molecule has 3 rings (SSSR count). The Kier molecular flexibility index (Phi) is 5.91. The Morgan fingerprint density at radius 3 is 2.85 bits per heavy atom. The number of hydrogen-bond donors (Lipinski definition) is 0. The lowest BCUT2D eigenvalue weighted by molar-refractivity contribution is 0.0593. The highest BCUT2D eigenvalue weighted by atomic mass is 16.2. The number of pyridine rings is 1. The monoisotopic (exact) mass is 355 g/mol. The highest BCUT2D eigenvalue weighted by molar-refractivity contribution is 5.94. The molecule has 0 saturated carbocycles. The molecule has 1 atom stereocenters. The molecule has 0 aliphatic carbocycles. The summed E-state index contributed by atoms with van der Waals surface area (Å²) >= 11 is 0. The molecule has 1 fully saturated rings. The second-order valence-corrected chi connectivity index (χ2v) is 7.32. The molecule has 0 N–H and O–H groups in total. The molecular formula is C20H29N5O. The number of anilines is 1. The largest absolute Gasteiger partial charge is 0.357 e. The second-order valence-electron chi connectivity index (χ2n) is 7.32. The van der Waals surface area contributed by atoms with Gasteiger partial charge in [0.15, 0.2) is 0 Å². The molecule has 2 aromatic rings. The standard InChI is InChI=1S/C20H29N5O/c1-16(2)23(3)19-9-8-17(15-21-19)20(26)25-13-5-4-7-18(25)10-14-24-12-6-11-22-24/h6,8-9,11-12,15-16,18H,4-5,7,10,13-14H2,1-3H3/t18-/m1/s1. The quantitative estimate of drug-likeness (QED) is 0.798. The van der Waals surface area contributed by atoms with E-state index in [-0.39, 0.29) is 11.9 Å². The molecule has 1 saturated heterocycles. The molecule has 140 valence electrons. The van der Waals surface area contributed by atoms with Crippen molar-refractivity contribution in [1.29, 1.82) is 0 Å². The Hall–Kier alpha value is -2.37. The van der Waals surface area contributed by atoms with Crippen molar-refractivity contribution in [3.05, 3.63) is 42.4 Å². The molecule has 2 aromatic heterocycles. The Balaban J connectivity index is 1.67. The fraction of sp³-hybridized carbons (Fsp3) is 0.550. The van der Waals surface area contributed by atoms with Gasteiger partial charge in [0.25, 0.3) is 5.91 Å². The number of aryl methyl sites for hydroxylation is 1. The third kappa shape index (κ3) is 4.23. The van der Waals surface area contributed by atoms with Crippen LogP contribution in [0, 0.1) is 0 Å². The molecule has 0 aromatic carbocycles. The molecule has 6 nitrogen and oxygen atoms in total. The maximum Gasteiger partial charge on any atom is 0.255 e. The fourth-order valence-corrected chi connectivity index (χ4v) is 3.43. The van der Waals surface area contributed by atoms with Crippen molar-refractivity contribution in [3.63, 3.8) is 0 Å². The van der Waals surface area contributed by atoms with E-state index in [1.165, 1.54) is 6.42 Å². The number of aromatic nitrogens is 3. The molecule has 0 unspecified atom stereocenters. The first-order valence-corrected chi connectivity index (χ1v) is 9.53. The zero-order valence-corrected chi connectivity index (χ0v) is 16.0. The number of amides is 1. The average molecular weight is 355 g/mol. The van der Waals surface area contributed by atoms with Crippen molar-refractivity contribution in [2.45, 2.75) is 58.2 Å². The van der Waals surface area contributed by atoms with E-state index < -0.39 is 0 Å². The van der Waals surface area contributed by atoms with Gasteiger partial charge in [-0.05, 0) is 57.7 Å². The third-order valence-corrected chi connectivity index (χ3v) is 5.27.